The molecule has 1 aromatic heterocycles. The average Bonchev–Trinajstić information content (AvgIpc) is 2.75. The van der Waals surface area contributed by atoms with Crippen LogP contribution < -0.4 is 10.2 Å². The van der Waals surface area contributed by atoms with Crippen molar-refractivity contribution in [2.24, 2.45) is 0 Å². The van der Waals surface area contributed by atoms with E-state index in [9.17, 15) is 9.59 Å². The summed E-state index contributed by atoms with van der Waals surface area (Å²) in [6, 6.07) is 1.22. The molecule has 0 saturated carbocycles. The molecule has 6 heteroatoms. The lowest BCUT2D eigenvalue weighted by Gasteiger charge is -2.40. The molecule has 2 rings (SSSR count). The predicted molar refractivity (Wildman–Crippen MR) is 67.1 cm³/mol. The Morgan fingerprint density at radius 1 is 1.44 bits per heavy atom. The van der Waals surface area contributed by atoms with Crippen LogP contribution in [0.1, 0.15) is 27.7 Å². The molecule has 0 aromatic carbocycles. The number of anilines is 1. The fraction of sp³-hybridized carbons (Fsp3) is 0.583. The molecule has 1 N–H and O–H groups in total. The van der Waals surface area contributed by atoms with Crippen molar-refractivity contribution in [1.82, 2.24) is 15.1 Å². The van der Waals surface area contributed by atoms with Crippen molar-refractivity contribution in [2.75, 3.05) is 4.90 Å². The maximum atomic E-state index is 12.4. The standard InChI is InChI=1S/C12H18N4O2/c1-5-15-7-6-9(14-15)16-8(2)10(17)13-12(3,4)11(16)18/h6-8H,5H2,1-4H3,(H,13,17). The number of amides is 2. The fourth-order valence-corrected chi connectivity index (χ4v) is 2.02. The first-order chi connectivity index (χ1) is 8.36. The summed E-state index contributed by atoms with van der Waals surface area (Å²) >= 11 is 0. The third-order valence-electron chi connectivity index (χ3n) is 3.15. The smallest absolute Gasteiger partial charge is 0.254 e. The average molecular weight is 250 g/mol. The van der Waals surface area contributed by atoms with Gasteiger partial charge >= 0.3 is 0 Å². The predicted octanol–water partition coefficient (Wildman–Crippen LogP) is 0.533. The van der Waals surface area contributed by atoms with Crippen molar-refractivity contribution in [3.05, 3.63) is 12.3 Å². The molecule has 1 saturated heterocycles. The number of piperazine rings is 1. The number of rotatable bonds is 2. The quantitative estimate of drug-likeness (QED) is 0.832. The van der Waals surface area contributed by atoms with E-state index >= 15 is 0 Å². The van der Waals surface area contributed by atoms with Gasteiger partial charge in [0.15, 0.2) is 5.82 Å². The van der Waals surface area contributed by atoms with E-state index in [0.29, 0.717) is 5.82 Å². The Hall–Kier alpha value is -1.85. The zero-order valence-corrected chi connectivity index (χ0v) is 11.1. The van der Waals surface area contributed by atoms with Crippen LogP contribution >= 0.6 is 0 Å². The first-order valence-corrected chi connectivity index (χ1v) is 6.06. The van der Waals surface area contributed by atoms with Crippen molar-refractivity contribution in [3.8, 4) is 0 Å². The van der Waals surface area contributed by atoms with Crippen molar-refractivity contribution in [3.63, 3.8) is 0 Å². The number of hydrogen-bond donors (Lipinski definition) is 1. The molecule has 1 fully saturated rings. The molecule has 18 heavy (non-hydrogen) atoms. The lowest BCUT2D eigenvalue weighted by Crippen LogP contribution is -2.67. The Bertz CT molecular complexity index is 492. The van der Waals surface area contributed by atoms with Crippen molar-refractivity contribution < 1.29 is 9.59 Å². The molecule has 1 unspecified atom stereocenters. The Balaban J connectivity index is 2.39. The number of hydrogen-bond acceptors (Lipinski definition) is 3. The van der Waals surface area contributed by atoms with Crippen LogP contribution in [0.3, 0.4) is 0 Å². The Kier molecular flexibility index (Phi) is 2.88. The molecule has 1 aliphatic heterocycles. The summed E-state index contributed by atoms with van der Waals surface area (Å²) in [7, 11) is 0. The fourth-order valence-electron chi connectivity index (χ4n) is 2.02. The van der Waals surface area contributed by atoms with Crippen molar-refractivity contribution >= 4 is 17.6 Å². The molecule has 6 nitrogen and oxygen atoms in total. The van der Waals surface area contributed by atoms with E-state index in [2.05, 4.69) is 10.4 Å². The normalized spacial score (nSPS) is 23.1. The zero-order chi connectivity index (χ0) is 13.5. The SMILES string of the molecule is CCn1ccc(N2C(=O)C(C)(C)NC(=O)C2C)n1. The second-order valence-electron chi connectivity index (χ2n) is 5.00. The van der Waals surface area contributed by atoms with Crippen LogP contribution in [0, 0.1) is 0 Å². The monoisotopic (exact) mass is 250 g/mol. The number of carbonyl (C=O) groups is 2. The summed E-state index contributed by atoms with van der Waals surface area (Å²) < 4.78 is 1.73. The summed E-state index contributed by atoms with van der Waals surface area (Å²) in [4.78, 5) is 25.7. The summed E-state index contributed by atoms with van der Waals surface area (Å²) in [5, 5.41) is 7.01. The molecular weight excluding hydrogens is 232 g/mol. The highest BCUT2D eigenvalue weighted by atomic mass is 16.2. The Labute approximate surface area is 106 Å². The third-order valence-corrected chi connectivity index (χ3v) is 3.15. The van der Waals surface area contributed by atoms with Crippen LogP contribution in [-0.2, 0) is 16.1 Å². The number of nitrogens with zero attached hydrogens (tertiary/aromatic N) is 3. The minimum atomic E-state index is -0.889. The van der Waals surface area contributed by atoms with Gasteiger partial charge in [-0.25, -0.2) is 0 Å². The van der Waals surface area contributed by atoms with Gasteiger partial charge in [0.1, 0.15) is 11.6 Å². The van der Waals surface area contributed by atoms with E-state index < -0.39 is 11.6 Å². The number of aromatic nitrogens is 2. The van der Waals surface area contributed by atoms with Gasteiger partial charge in [0.2, 0.25) is 5.91 Å². The van der Waals surface area contributed by atoms with Crippen LogP contribution in [0.4, 0.5) is 5.82 Å². The van der Waals surface area contributed by atoms with E-state index in [1.54, 1.807) is 37.7 Å². The van der Waals surface area contributed by atoms with E-state index in [1.165, 1.54) is 4.90 Å². The van der Waals surface area contributed by atoms with E-state index in [-0.39, 0.29) is 11.8 Å². The maximum absolute atomic E-state index is 12.4. The molecule has 1 aromatic rings. The highest BCUT2D eigenvalue weighted by Gasteiger charge is 2.44. The molecule has 1 aliphatic rings. The zero-order valence-electron chi connectivity index (χ0n) is 11.1. The highest BCUT2D eigenvalue weighted by molar-refractivity contribution is 6.09. The molecule has 0 bridgehead atoms. The van der Waals surface area contributed by atoms with Gasteiger partial charge in [0.25, 0.3) is 5.91 Å². The molecule has 2 amide bonds. The molecule has 98 valence electrons. The lowest BCUT2D eigenvalue weighted by atomic mass is 9.97. The van der Waals surface area contributed by atoms with Gasteiger partial charge in [-0.2, -0.15) is 5.10 Å². The van der Waals surface area contributed by atoms with Crippen LogP contribution in [0.5, 0.6) is 0 Å². The van der Waals surface area contributed by atoms with Gasteiger partial charge in [0.05, 0.1) is 0 Å². The second-order valence-corrected chi connectivity index (χ2v) is 5.00. The van der Waals surface area contributed by atoms with Gasteiger partial charge in [-0.15, -0.1) is 0 Å². The minimum absolute atomic E-state index is 0.143. The second kappa shape index (κ2) is 4.12. The molecule has 1 atom stereocenters. The molecule has 2 heterocycles. The summed E-state index contributed by atoms with van der Waals surface area (Å²) in [5.41, 5.74) is -0.889. The highest BCUT2D eigenvalue weighted by Crippen LogP contribution is 2.23. The van der Waals surface area contributed by atoms with Crippen LogP contribution in [0.2, 0.25) is 0 Å². The molecule has 0 spiro atoms. The van der Waals surface area contributed by atoms with Crippen LogP contribution in [0.15, 0.2) is 12.3 Å². The van der Waals surface area contributed by atoms with Crippen LogP contribution in [-0.4, -0.2) is 33.2 Å². The Morgan fingerprint density at radius 3 is 2.67 bits per heavy atom. The van der Waals surface area contributed by atoms with Gasteiger partial charge in [0, 0.05) is 18.8 Å². The van der Waals surface area contributed by atoms with Crippen molar-refractivity contribution in [1.29, 1.82) is 0 Å². The van der Waals surface area contributed by atoms with Gasteiger partial charge in [-0.05, 0) is 27.7 Å². The number of nitrogens with one attached hydrogen (secondary N) is 1. The van der Waals surface area contributed by atoms with Crippen LogP contribution in [0.25, 0.3) is 0 Å². The van der Waals surface area contributed by atoms with Gasteiger partial charge < -0.3 is 5.32 Å². The van der Waals surface area contributed by atoms with Gasteiger partial charge in [-0.1, -0.05) is 0 Å². The molecule has 0 radical (unpaired) electrons. The molecular formula is C12H18N4O2. The topological polar surface area (TPSA) is 67.2 Å². The third kappa shape index (κ3) is 1.87. The number of aryl methyl sites for hydroxylation is 1. The van der Waals surface area contributed by atoms with Crippen molar-refractivity contribution in [2.45, 2.75) is 45.8 Å². The summed E-state index contributed by atoms with van der Waals surface area (Å²) in [6.45, 7) is 7.79. The van der Waals surface area contributed by atoms with E-state index in [4.69, 9.17) is 0 Å². The summed E-state index contributed by atoms with van der Waals surface area (Å²) in [6.07, 6.45) is 1.80. The lowest BCUT2D eigenvalue weighted by molar-refractivity contribution is -0.136. The number of carbonyl (C=O) groups excluding carboxylic acids is 2. The van der Waals surface area contributed by atoms with Gasteiger partial charge in [-0.3, -0.25) is 19.2 Å². The molecule has 0 aliphatic carbocycles. The maximum Gasteiger partial charge on any atom is 0.254 e. The van der Waals surface area contributed by atoms with E-state index in [1.807, 2.05) is 6.92 Å². The Morgan fingerprint density at radius 2 is 2.11 bits per heavy atom. The van der Waals surface area contributed by atoms with E-state index in [0.717, 1.165) is 6.54 Å². The first-order valence-electron chi connectivity index (χ1n) is 6.06. The first kappa shape index (κ1) is 12.6. The largest absolute Gasteiger partial charge is 0.340 e. The minimum Gasteiger partial charge on any atom is -0.340 e. The summed E-state index contributed by atoms with van der Waals surface area (Å²) in [5.74, 6) is 0.221.